The molecule has 0 bridgehead atoms. The molecule has 0 spiro atoms. The van der Waals surface area contributed by atoms with Gasteiger partial charge in [-0.1, -0.05) is 38.8 Å². The second-order valence-corrected chi connectivity index (χ2v) is 7.03. The van der Waals surface area contributed by atoms with Crippen molar-refractivity contribution in [2.24, 2.45) is 0 Å². The lowest BCUT2D eigenvalue weighted by Gasteiger charge is -2.01. The van der Waals surface area contributed by atoms with Gasteiger partial charge in [-0.15, -0.1) is 0 Å². The Hall–Kier alpha value is -1.74. The zero-order chi connectivity index (χ0) is 20.8. The normalized spacial score (nSPS) is 10.6. The van der Waals surface area contributed by atoms with Gasteiger partial charge in [-0.25, -0.2) is 9.59 Å². The maximum absolute atomic E-state index is 10.3. The molecule has 2 aromatic rings. The van der Waals surface area contributed by atoms with Crippen LogP contribution in [-0.4, -0.2) is 45.1 Å². The zero-order valence-corrected chi connectivity index (χ0v) is 17.9. The van der Waals surface area contributed by atoms with E-state index in [1.807, 2.05) is 6.92 Å². The van der Waals surface area contributed by atoms with E-state index in [9.17, 15) is 9.59 Å². The minimum absolute atomic E-state index is 0.0923. The van der Waals surface area contributed by atoms with Crippen molar-refractivity contribution in [1.82, 2.24) is 0 Å². The van der Waals surface area contributed by atoms with E-state index in [1.54, 1.807) is 48.5 Å². The fourth-order valence-electron chi connectivity index (χ4n) is 1.54. The third-order valence-electron chi connectivity index (χ3n) is 3.12. The van der Waals surface area contributed by atoms with Gasteiger partial charge >= 0.3 is 11.9 Å². The Morgan fingerprint density at radius 1 is 0.852 bits per heavy atom. The molecule has 148 valence electrons. The van der Waals surface area contributed by atoms with Gasteiger partial charge in [0.05, 0.1) is 17.2 Å². The van der Waals surface area contributed by atoms with E-state index in [2.05, 4.69) is 31.9 Å². The summed E-state index contributed by atoms with van der Waals surface area (Å²) in [5, 5.41) is 33.8. The number of carboxylic acid groups (broad SMARTS) is 2. The number of carbonyl (C=O) groups is 2. The third kappa shape index (κ3) is 12.3. The summed E-state index contributed by atoms with van der Waals surface area (Å²) in [5.41, 5.74) is 0.617. The molecule has 1 unspecified atom stereocenters. The van der Waals surface area contributed by atoms with E-state index in [0.29, 0.717) is 17.5 Å². The SMILES string of the molecule is CCC(O)CCO.O=C(O)c1ccc(Br)cc1.O=C(O)c1ccc(Br)cc1. The monoisotopic (exact) mass is 504 g/mol. The molecule has 27 heavy (non-hydrogen) atoms. The predicted octanol–water partition coefficient (Wildman–Crippen LogP) is 4.43. The number of carboxylic acids is 2. The number of hydrogen-bond acceptors (Lipinski definition) is 4. The third-order valence-corrected chi connectivity index (χ3v) is 4.17. The summed E-state index contributed by atoms with van der Waals surface area (Å²) in [5.74, 6) is -1.79. The molecule has 0 aliphatic heterocycles. The molecule has 0 fully saturated rings. The molecule has 0 aliphatic rings. The zero-order valence-electron chi connectivity index (χ0n) is 14.7. The van der Waals surface area contributed by atoms with E-state index < -0.39 is 11.9 Å². The lowest BCUT2D eigenvalue weighted by molar-refractivity contribution is 0.0686. The van der Waals surface area contributed by atoms with Crippen LogP contribution in [-0.2, 0) is 0 Å². The van der Waals surface area contributed by atoms with Gasteiger partial charge in [0.2, 0.25) is 0 Å². The van der Waals surface area contributed by atoms with Crippen LogP contribution in [0.25, 0.3) is 0 Å². The van der Waals surface area contributed by atoms with Crippen LogP contribution in [0, 0.1) is 0 Å². The molecule has 2 aromatic carbocycles. The summed E-state index contributed by atoms with van der Waals surface area (Å²) in [7, 11) is 0. The summed E-state index contributed by atoms with van der Waals surface area (Å²) >= 11 is 6.40. The molecular weight excluding hydrogens is 484 g/mol. The Kier molecular flexibility index (Phi) is 13.4. The molecule has 6 nitrogen and oxygen atoms in total. The maximum Gasteiger partial charge on any atom is 0.335 e. The van der Waals surface area contributed by atoms with Crippen molar-refractivity contribution in [3.05, 3.63) is 68.6 Å². The Labute approximate surface area is 174 Å². The van der Waals surface area contributed by atoms with Crippen LogP contribution < -0.4 is 0 Å². The van der Waals surface area contributed by atoms with Gasteiger partial charge in [0.25, 0.3) is 0 Å². The number of benzene rings is 2. The molecule has 2 rings (SSSR count). The molecule has 0 saturated heterocycles. The van der Waals surface area contributed by atoms with E-state index in [4.69, 9.17) is 20.4 Å². The highest BCUT2D eigenvalue weighted by atomic mass is 79.9. The molecule has 0 amide bonds. The molecule has 1 atom stereocenters. The minimum atomic E-state index is -0.896. The fourth-order valence-corrected chi connectivity index (χ4v) is 2.07. The van der Waals surface area contributed by atoms with Gasteiger partial charge in [-0.05, 0) is 61.4 Å². The van der Waals surface area contributed by atoms with E-state index in [-0.39, 0.29) is 12.7 Å². The lowest BCUT2D eigenvalue weighted by Crippen LogP contribution is -2.05. The second kappa shape index (κ2) is 14.3. The first-order chi connectivity index (χ1) is 12.7. The number of hydrogen-bond donors (Lipinski definition) is 4. The summed E-state index contributed by atoms with van der Waals surface area (Å²) in [6.07, 6.45) is 0.946. The average Bonchev–Trinajstić information content (AvgIpc) is 2.63. The highest BCUT2D eigenvalue weighted by molar-refractivity contribution is 9.10. The highest BCUT2D eigenvalue weighted by Gasteiger charge is 1.99. The summed E-state index contributed by atoms with van der Waals surface area (Å²) in [6, 6.07) is 13.0. The first-order valence-electron chi connectivity index (χ1n) is 7.97. The van der Waals surface area contributed by atoms with Crippen molar-refractivity contribution >= 4 is 43.8 Å². The van der Waals surface area contributed by atoms with E-state index in [1.165, 1.54) is 0 Å². The summed E-state index contributed by atoms with van der Waals surface area (Å²) in [4.78, 5) is 20.6. The molecule has 0 aromatic heterocycles. The van der Waals surface area contributed by atoms with Crippen LogP contribution in [0.5, 0.6) is 0 Å². The molecule has 0 aliphatic carbocycles. The number of aliphatic hydroxyl groups is 2. The van der Waals surface area contributed by atoms with Gasteiger partial charge in [0.1, 0.15) is 0 Å². The Bertz CT molecular complexity index is 631. The van der Waals surface area contributed by atoms with Crippen LogP contribution in [0.1, 0.15) is 40.5 Å². The van der Waals surface area contributed by atoms with E-state index >= 15 is 0 Å². The standard InChI is InChI=1S/2C7H5BrO2.C5H12O2/c2*8-6-3-1-5(2-4-6)7(9)10;1-2-5(7)3-4-6/h2*1-4H,(H,9,10);5-7H,2-4H2,1H3. The number of aliphatic hydroxyl groups excluding tert-OH is 2. The summed E-state index contributed by atoms with van der Waals surface area (Å²) < 4.78 is 1.77. The van der Waals surface area contributed by atoms with Crippen molar-refractivity contribution in [3.63, 3.8) is 0 Å². The van der Waals surface area contributed by atoms with Crippen LogP contribution in [0.3, 0.4) is 0 Å². The first-order valence-corrected chi connectivity index (χ1v) is 9.56. The molecule has 0 saturated carbocycles. The second-order valence-electron chi connectivity index (χ2n) is 5.20. The minimum Gasteiger partial charge on any atom is -0.478 e. The molecule has 0 heterocycles. The Morgan fingerprint density at radius 2 is 1.19 bits per heavy atom. The number of halogens is 2. The Morgan fingerprint density at radius 3 is 1.37 bits per heavy atom. The van der Waals surface area contributed by atoms with Gasteiger partial charge < -0.3 is 20.4 Å². The topological polar surface area (TPSA) is 115 Å². The molecule has 0 radical (unpaired) electrons. The van der Waals surface area contributed by atoms with Gasteiger partial charge in [-0.2, -0.15) is 0 Å². The smallest absolute Gasteiger partial charge is 0.335 e. The van der Waals surface area contributed by atoms with Crippen LogP contribution in [0.2, 0.25) is 0 Å². The largest absolute Gasteiger partial charge is 0.478 e. The predicted molar refractivity (Wildman–Crippen MR) is 110 cm³/mol. The van der Waals surface area contributed by atoms with Gasteiger partial charge in [-0.3, -0.25) is 0 Å². The quantitative estimate of drug-likeness (QED) is 0.477. The first kappa shape index (κ1) is 25.3. The van der Waals surface area contributed by atoms with Crippen molar-refractivity contribution in [1.29, 1.82) is 0 Å². The van der Waals surface area contributed by atoms with Crippen molar-refractivity contribution in [3.8, 4) is 0 Å². The lowest BCUT2D eigenvalue weighted by atomic mass is 10.2. The highest BCUT2D eigenvalue weighted by Crippen LogP contribution is 2.10. The maximum atomic E-state index is 10.3. The number of rotatable bonds is 5. The number of aromatic carboxylic acids is 2. The van der Waals surface area contributed by atoms with Gasteiger partial charge in [0, 0.05) is 15.6 Å². The van der Waals surface area contributed by atoms with Crippen LogP contribution in [0.15, 0.2) is 57.5 Å². The average molecular weight is 506 g/mol. The van der Waals surface area contributed by atoms with Crippen LogP contribution in [0.4, 0.5) is 0 Å². The summed E-state index contributed by atoms with van der Waals surface area (Å²) in [6.45, 7) is 1.98. The van der Waals surface area contributed by atoms with Gasteiger partial charge in [0.15, 0.2) is 0 Å². The van der Waals surface area contributed by atoms with E-state index in [0.717, 1.165) is 15.4 Å². The molecule has 4 N–H and O–H groups in total. The Balaban J connectivity index is 0.000000384. The fraction of sp³-hybridized carbons (Fsp3) is 0.263. The molecule has 8 heteroatoms. The van der Waals surface area contributed by atoms with Crippen molar-refractivity contribution in [2.75, 3.05) is 6.61 Å². The van der Waals surface area contributed by atoms with Crippen molar-refractivity contribution in [2.45, 2.75) is 25.9 Å². The van der Waals surface area contributed by atoms with Crippen LogP contribution >= 0.6 is 31.9 Å². The molecular formula is C19H22Br2O6. The van der Waals surface area contributed by atoms with Crippen molar-refractivity contribution < 1.29 is 30.0 Å².